The molecule has 0 bridgehead atoms. The van der Waals surface area contributed by atoms with E-state index in [2.05, 4.69) is 21.2 Å². The van der Waals surface area contributed by atoms with Crippen LogP contribution in [-0.2, 0) is 14.4 Å². The van der Waals surface area contributed by atoms with Gasteiger partial charge >= 0.3 is 11.8 Å². The van der Waals surface area contributed by atoms with Crippen LogP contribution in [0.15, 0.2) is 71.8 Å². The van der Waals surface area contributed by atoms with Crippen LogP contribution in [-0.4, -0.2) is 37.7 Å². The predicted molar refractivity (Wildman–Crippen MR) is 134 cm³/mol. The highest BCUT2D eigenvalue weighted by Gasteiger charge is 2.14. The van der Waals surface area contributed by atoms with Gasteiger partial charge in [0.15, 0.2) is 6.61 Å². The Bertz CT molecular complexity index is 1240. The summed E-state index contributed by atoms with van der Waals surface area (Å²) < 4.78 is 10.7. The number of para-hydroxylation sites is 2. The molecule has 0 aromatic heterocycles. The minimum absolute atomic E-state index is 0.141. The number of aryl methyl sites for hydroxylation is 2. The van der Waals surface area contributed by atoms with E-state index in [0.29, 0.717) is 22.7 Å². The predicted octanol–water partition coefficient (Wildman–Crippen LogP) is 3.42. The number of benzene rings is 3. The molecule has 0 aliphatic carbocycles. The minimum atomic E-state index is -0.929. The Hall–Kier alpha value is -4.66. The lowest BCUT2D eigenvalue weighted by Gasteiger charge is -2.10. The summed E-state index contributed by atoms with van der Waals surface area (Å²) in [6, 6.07) is 19.2. The molecule has 3 N–H and O–H groups in total. The number of rotatable bonds is 8. The van der Waals surface area contributed by atoms with E-state index in [1.807, 2.05) is 32.0 Å². The molecule has 0 aliphatic rings. The van der Waals surface area contributed by atoms with Crippen LogP contribution in [0.3, 0.4) is 0 Å². The van der Waals surface area contributed by atoms with Crippen molar-refractivity contribution in [3.05, 3.63) is 83.4 Å². The van der Waals surface area contributed by atoms with Crippen LogP contribution in [0.1, 0.15) is 16.7 Å². The number of ether oxygens (including phenoxy) is 2. The summed E-state index contributed by atoms with van der Waals surface area (Å²) in [5.41, 5.74) is 6.04. The highest BCUT2D eigenvalue weighted by Crippen LogP contribution is 2.22. The third-order valence-electron chi connectivity index (χ3n) is 4.85. The van der Waals surface area contributed by atoms with Crippen molar-refractivity contribution in [2.75, 3.05) is 24.4 Å². The van der Waals surface area contributed by atoms with Crippen molar-refractivity contribution < 1.29 is 23.9 Å². The number of carbonyl (C=O) groups is 3. The molecule has 3 rings (SSSR count). The van der Waals surface area contributed by atoms with Crippen LogP contribution in [0, 0.1) is 13.8 Å². The molecular weight excluding hydrogens is 448 g/mol. The van der Waals surface area contributed by atoms with Gasteiger partial charge in [0.2, 0.25) is 0 Å². The molecule has 3 amide bonds. The molecule has 9 nitrogen and oxygen atoms in total. The van der Waals surface area contributed by atoms with Crippen molar-refractivity contribution in [3.63, 3.8) is 0 Å². The fourth-order valence-electron chi connectivity index (χ4n) is 3.08. The van der Waals surface area contributed by atoms with E-state index < -0.39 is 11.8 Å². The van der Waals surface area contributed by atoms with Crippen molar-refractivity contribution in [2.45, 2.75) is 13.8 Å². The number of hydrogen-bond acceptors (Lipinski definition) is 6. The molecule has 35 heavy (non-hydrogen) atoms. The van der Waals surface area contributed by atoms with Gasteiger partial charge in [-0.3, -0.25) is 14.4 Å². The van der Waals surface area contributed by atoms with E-state index in [4.69, 9.17) is 9.47 Å². The molecular formula is C26H26N4O5. The average molecular weight is 475 g/mol. The monoisotopic (exact) mass is 474 g/mol. The van der Waals surface area contributed by atoms with E-state index in [1.54, 1.807) is 48.5 Å². The second kappa shape index (κ2) is 12.0. The van der Waals surface area contributed by atoms with Crippen molar-refractivity contribution in [1.29, 1.82) is 0 Å². The zero-order valence-corrected chi connectivity index (χ0v) is 19.6. The van der Waals surface area contributed by atoms with Crippen molar-refractivity contribution in [3.8, 4) is 11.5 Å². The van der Waals surface area contributed by atoms with Gasteiger partial charge in [0.1, 0.15) is 11.5 Å². The van der Waals surface area contributed by atoms with Gasteiger partial charge in [0.05, 0.1) is 19.0 Å². The Balaban J connectivity index is 1.45. The molecule has 0 fully saturated rings. The molecule has 180 valence electrons. The first-order chi connectivity index (χ1) is 16.9. The number of hydrogen-bond donors (Lipinski definition) is 3. The molecule has 0 aliphatic heterocycles. The summed E-state index contributed by atoms with van der Waals surface area (Å²) in [7, 11) is 1.46. The molecule has 0 saturated carbocycles. The maximum Gasteiger partial charge on any atom is 0.329 e. The second-order valence-corrected chi connectivity index (χ2v) is 7.58. The van der Waals surface area contributed by atoms with Gasteiger partial charge < -0.3 is 20.1 Å². The summed E-state index contributed by atoms with van der Waals surface area (Å²) in [4.78, 5) is 36.2. The van der Waals surface area contributed by atoms with Gasteiger partial charge in [0, 0.05) is 5.69 Å². The maximum atomic E-state index is 12.2. The standard InChI is InChI=1S/C26H26N4O5/c1-17-8-13-21(18(2)14-17)28-24(31)16-35-20-11-9-19(10-12-20)15-27-30-26(33)25(32)29-22-6-4-5-7-23(22)34-3/h4-15H,16H2,1-3H3,(H,28,31)(H,29,32)(H,30,33)/b27-15-. The Kier molecular flexibility index (Phi) is 8.55. The first-order valence-electron chi connectivity index (χ1n) is 10.7. The van der Waals surface area contributed by atoms with Gasteiger partial charge in [-0.1, -0.05) is 29.8 Å². The van der Waals surface area contributed by atoms with Gasteiger partial charge in [-0.05, 0) is 67.4 Å². The summed E-state index contributed by atoms with van der Waals surface area (Å²) in [5.74, 6) is -1.14. The molecule has 0 radical (unpaired) electrons. The largest absolute Gasteiger partial charge is 0.495 e. The van der Waals surface area contributed by atoms with E-state index in [-0.39, 0.29) is 12.5 Å². The van der Waals surface area contributed by atoms with E-state index in [0.717, 1.165) is 16.8 Å². The van der Waals surface area contributed by atoms with Crippen LogP contribution in [0.4, 0.5) is 11.4 Å². The fraction of sp³-hybridized carbons (Fsp3) is 0.154. The maximum absolute atomic E-state index is 12.2. The average Bonchev–Trinajstić information content (AvgIpc) is 2.85. The van der Waals surface area contributed by atoms with Crippen LogP contribution in [0.25, 0.3) is 0 Å². The molecule has 0 unspecified atom stereocenters. The lowest BCUT2D eigenvalue weighted by molar-refractivity contribution is -0.136. The number of amides is 3. The number of carbonyl (C=O) groups excluding carboxylic acids is 3. The normalized spacial score (nSPS) is 10.5. The van der Waals surface area contributed by atoms with Crippen molar-refractivity contribution >= 4 is 35.3 Å². The number of hydrazone groups is 1. The SMILES string of the molecule is COc1ccccc1NC(=O)C(=O)N/N=C\c1ccc(OCC(=O)Nc2ccc(C)cc2C)cc1. The summed E-state index contributed by atoms with van der Waals surface area (Å²) in [6.07, 6.45) is 1.38. The Labute approximate surface area is 203 Å². The number of nitrogens with zero attached hydrogens (tertiary/aromatic N) is 1. The van der Waals surface area contributed by atoms with Crippen molar-refractivity contribution in [2.24, 2.45) is 5.10 Å². The topological polar surface area (TPSA) is 118 Å². The zero-order chi connectivity index (χ0) is 25.2. The van der Waals surface area contributed by atoms with Crippen LogP contribution in [0.2, 0.25) is 0 Å². The fourth-order valence-corrected chi connectivity index (χ4v) is 3.08. The van der Waals surface area contributed by atoms with Crippen LogP contribution >= 0.6 is 0 Å². The van der Waals surface area contributed by atoms with Crippen LogP contribution < -0.4 is 25.5 Å². The Morgan fingerprint density at radius 3 is 2.34 bits per heavy atom. The number of anilines is 2. The summed E-state index contributed by atoms with van der Waals surface area (Å²) >= 11 is 0. The molecule has 0 saturated heterocycles. The molecule has 3 aromatic rings. The van der Waals surface area contributed by atoms with Crippen LogP contribution in [0.5, 0.6) is 11.5 Å². The number of nitrogens with one attached hydrogen (secondary N) is 3. The van der Waals surface area contributed by atoms with Gasteiger partial charge in [0.25, 0.3) is 5.91 Å². The summed E-state index contributed by atoms with van der Waals surface area (Å²) in [5, 5.41) is 9.08. The van der Waals surface area contributed by atoms with Gasteiger partial charge in [-0.25, -0.2) is 5.43 Å². The Morgan fingerprint density at radius 1 is 0.886 bits per heavy atom. The highest BCUT2D eigenvalue weighted by molar-refractivity contribution is 6.39. The third-order valence-corrected chi connectivity index (χ3v) is 4.85. The number of methoxy groups -OCH3 is 1. The van der Waals surface area contributed by atoms with E-state index in [1.165, 1.54) is 13.3 Å². The van der Waals surface area contributed by atoms with Gasteiger partial charge in [-0.2, -0.15) is 5.10 Å². The smallest absolute Gasteiger partial charge is 0.329 e. The first kappa shape index (κ1) is 25.0. The first-order valence-corrected chi connectivity index (χ1v) is 10.7. The summed E-state index contributed by atoms with van der Waals surface area (Å²) in [6.45, 7) is 3.78. The molecule has 9 heteroatoms. The van der Waals surface area contributed by atoms with Gasteiger partial charge in [-0.15, -0.1) is 0 Å². The minimum Gasteiger partial charge on any atom is -0.495 e. The quantitative estimate of drug-likeness (QED) is 0.263. The molecule has 3 aromatic carbocycles. The third kappa shape index (κ3) is 7.43. The molecule has 0 atom stereocenters. The lowest BCUT2D eigenvalue weighted by atomic mass is 10.1. The molecule has 0 heterocycles. The lowest BCUT2D eigenvalue weighted by Crippen LogP contribution is -2.32. The van der Waals surface area contributed by atoms with E-state index >= 15 is 0 Å². The highest BCUT2D eigenvalue weighted by atomic mass is 16.5. The zero-order valence-electron chi connectivity index (χ0n) is 19.6. The molecule has 0 spiro atoms. The van der Waals surface area contributed by atoms with Crippen molar-refractivity contribution in [1.82, 2.24) is 5.43 Å². The second-order valence-electron chi connectivity index (χ2n) is 7.58. The Morgan fingerprint density at radius 2 is 1.63 bits per heavy atom. The van der Waals surface area contributed by atoms with E-state index in [9.17, 15) is 14.4 Å².